The molecule has 1 atom stereocenters. The van der Waals surface area contributed by atoms with Crippen LogP contribution in [0.25, 0.3) is 0 Å². The van der Waals surface area contributed by atoms with Crippen molar-refractivity contribution in [2.45, 2.75) is 13.0 Å². The quantitative estimate of drug-likeness (QED) is 0.883. The summed E-state index contributed by atoms with van der Waals surface area (Å²) in [5.41, 5.74) is 1.69. The first-order valence-electron chi connectivity index (χ1n) is 6.35. The topological polar surface area (TPSA) is 54.0 Å². The molecule has 20 heavy (non-hydrogen) atoms. The third-order valence-electron chi connectivity index (χ3n) is 2.81. The molecular formula is C15H16BrN3O. The Hall–Kier alpha value is -1.72. The molecule has 0 aliphatic heterocycles. The van der Waals surface area contributed by atoms with Crippen molar-refractivity contribution in [3.05, 3.63) is 58.8 Å². The van der Waals surface area contributed by atoms with E-state index in [-0.39, 0.29) is 18.5 Å². The summed E-state index contributed by atoms with van der Waals surface area (Å²) in [5, 5.41) is 5.98. The van der Waals surface area contributed by atoms with Crippen LogP contribution in [0.5, 0.6) is 0 Å². The van der Waals surface area contributed by atoms with Gasteiger partial charge in [0.25, 0.3) is 0 Å². The highest BCUT2D eigenvalue weighted by molar-refractivity contribution is 9.10. The Morgan fingerprint density at radius 1 is 1.30 bits per heavy atom. The molecule has 2 rings (SSSR count). The van der Waals surface area contributed by atoms with Gasteiger partial charge < -0.3 is 10.6 Å². The van der Waals surface area contributed by atoms with Gasteiger partial charge in [-0.3, -0.25) is 9.78 Å². The predicted octanol–water partition coefficient (Wildman–Crippen LogP) is 3.13. The van der Waals surface area contributed by atoms with Gasteiger partial charge in [-0.2, -0.15) is 0 Å². The van der Waals surface area contributed by atoms with Crippen LogP contribution in [0.2, 0.25) is 0 Å². The smallest absolute Gasteiger partial charge is 0.238 e. The molecule has 1 aromatic carbocycles. The van der Waals surface area contributed by atoms with E-state index in [1.54, 1.807) is 6.20 Å². The summed E-state index contributed by atoms with van der Waals surface area (Å²) >= 11 is 3.37. The maximum absolute atomic E-state index is 11.9. The first-order chi connectivity index (χ1) is 9.65. The van der Waals surface area contributed by atoms with E-state index >= 15 is 0 Å². The van der Waals surface area contributed by atoms with Crippen LogP contribution in [0.4, 0.5) is 5.69 Å². The molecule has 0 unspecified atom stereocenters. The van der Waals surface area contributed by atoms with Crippen LogP contribution in [-0.4, -0.2) is 17.4 Å². The summed E-state index contributed by atoms with van der Waals surface area (Å²) in [6.45, 7) is 2.22. The maximum atomic E-state index is 11.9. The molecule has 0 aliphatic carbocycles. The monoisotopic (exact) mass is 333 g/mol. The Kier molecular flexibility index (Phi) is 5.26. The molecule has 0 fully saturated rings. The highest BCUT2D eigenvalue weighted by Crippen LogP contribution is 2.15. The Bertz CT molecular complexity index is 574. The van der Waals surface area contributed by atoms with Crippen molar-refractivity contribution < 1.29 is 4.79 Å². The first kappa shape index (κ1) is 14.7. The average Bonchev–Trinajstić information content (AvgIpc) is 2.46. The molecule has 5 heteroatoms. The highest BCUT2D eigenvalue weighted by Gasteiger charge is 2.08. The van der Waals surface area contributed by atoms with Crippen LogP contribution in [0.15, 0.2) is 53.1 Å². The van der Waals surface area contributed by atoms with E-state index in [9.17, 15) is 4.79 Å². The number of anilines is 1. The summed E-state index contributed by atoms with van der Waals surface area (Å²) in [7, 11) is 0. The van der Waals surface area contributed by atoms with Gasteiger partial charge in [-0.05, 0) is 37.3 Å². The molecule has 0 aliphatic rings. The molecule has 0 bridgehead atoms. The SMILES string of the molecule is C[C@H](NCC(=O)Nc1cccc(Br)c1)c1ccccn1. The number of nitrogens with one attached hydrogen (secondary N) is 2. The van der Waals surface area contributed by atoms with Gasteiger partial charge in [0, 0.05) is 22.4 Å². The number of amides is 1. The predicted molar refractivity (Wildman–Crippen MR) is 83.4 cm³/mol. The van der Waals surface area contributed by atoms with E-state index in [0.29, 0.717) is 0 Å². The van der Waals surface area contributed by atoms with Crippen LogP contribution >= 0.6 is 15.9 Å². The van der Waals surface area contributed by atoms with Crippen LogP contribution in [-0.2, 0) is 4.79 Å². The second-order valence-electron chi connectivity index (χ2n) is 4.42. The number of benzene rings is 1. The fraction of sp³-hybridized carbons (Fsp3) is 0.200. The van der Waals surface area contributed by atoms with Crippen molar-refractivity contribution in [2.75, 3.05) is 11.9 Å². The van der Waals surface area contributed by atoms with Gasteiger partial charge >= 0.3 is 0 Å². The normalized spacial score (nSPS) is 11.9. The minimum atomic E-state index is -0.0779. The molecule has 1 aromatic heterocycles. The van der Waals surface area contributed by atoms with Crippen LogP contribution < -0.4 is 10.6 Å². The summed E-state index contributed by atoms with van der Waals surface area (Å²) in [4.78, 5) is 16.1. The number of hydrogen-bond acceptors (Lipinski definition) is 3. The lowest BCUT2D eigenvalue weighted by Crippen LogP contribution is -2.30. The lowest BCUT2D eigenvalue weighted by molar-refractivity contribution is -0.115. The number of aromatic nitrogens is 1. The van der Waals surface area contributed by atoms with Gasteiger partial charge in [-0.15, -0.1) is 0 Å². The summed E-state index contributed by atoms with van der Waals surface area (Å²) in [6, 6.07) is 13.3. The molecule has 0 radical (unpaired) electrons. The number of carbonyl (C=O) groups is 1. The number of carbonyl (C=O) groups excluding carboxylic acids is 1. The summed E-state index contributed by atoms with van der Waals surface area (Å²) < 4.78 is 0.935. The van der Waals surface area contributed by atoms with E-state index in [2.05, 4.69) is 31.5 Å². The molecule has 1 heterocycles. The molecule has 1 amide bonds. The minimum Gasteiger partial charge on any atom is -0.325 e. The molecular weight excluding hydrogens is 318 g/mol. The van der Waals surface area contributed by atoms with Gasteiger partial charge in [0.2, 0.25) is 5.91 Å². The molecule has 0 saturated heterocycles. The number of rotatable bonds is 5. The number of hydrogen-bond donors (Lipinski definition) is 2. The van der Waals surface area contributed by atoms with E-state index in [0.717, 1.165) is 15.9 Å². The molecule has 2 aromatic rings. The van der Waals surface area contributed by atoms with Crippen molar-refractivity contribution in [1.82, 2.24) is 10.3 Å². The number of pyridine rings is 1. The second-order valence-corrected chi connectivity index (χ2v) is 5.33. The third-order valence-corrected chi connectivity index (χ3v) is 3.30. The van der Waals surface area contributed by atoms with Crippen LogP contribution in [0, 0.1) is 0 Å². The molecule has 0 saturated carbocycles. The zero-order valence-electron chi connectivity index (χ0n) is 11.1. The van der Waals surface area contributed by atoms with Crippen molar-refractivity contribution in [2.24, 2.45) is 0 Å². The zero-order chi connectivity index (χ0) is 14.4. The van der Waals surface area contributed by atoms with Gasteiger partial charge in [-0.1, -0.05) is 28.1 Å². The molecule has 0 spiro atoms. The van der Waals surface area contributed by atoms with E-state index in [4.69, 9.17) is 0 Å². The standard InChI is InChI=1S/C15H16BrN3O/c1-11(14-7-2-3-8-17-14)18-10-15(20)19-13-6-4-5-12(16)9-13/h2-9,11,18H,10H2,1H3,(H,19,20)/t11-/m0/s1. The Balaban J connectivity index is 1.83. The molecule has 104 valence electrons. The van der Waals surface area contributed by atoms with Gasteiger partial charge in [0.1, 0.15) is 0 Å². The minimum absolute atomic E-state index is 0.0319. The van der Waals surface area contributed by atoms with Crippen LogP contribution in [0.3, 0.4) is 0 Å². The lowest BCUT2D eigenvalue weighted by atomic mass is 10.2. The largest absolute Gasteiger partial charge is 0.325 e. The molecule has 4 nitrogen and oxygen atoms in total. The Morgan fingerprint density at radius 3 is 2.85 bits per heavy atom. The van der Waals surface area contributed by atoms with Crippen molar-refractivity contribution in [1.29, 1.82) is 0 Å². The molecule has 2 N–H and O–H groups in total. The van der Waals surface area contributed by atoms with Gasteiger partial charge in [0.15, 0.2) is 0 Å². The van der Waals surface area contributed by atoms with Gasteiger partial charge in [-0.25, -0.2) is 0 Å². The number of nitrogens with zero attached hydrogens (tertiary/aromatic N) is 1. The fourth-order valence-corrected chi connectivity index (χ4v) is 2.15. The van der Waals surface area contributed by atoms with Crippen LogP contribution in [0.1, 0.15) is 18.7 Å². The zero-order valence-corrected chi connectivity index (χ0v) is 12.7. The fourth-order valence-electron chi connectivity index (χ4n) is 1.75. The summed E-state index contributed by atoms with van der Waals surface area (Å²) in [5.74, 6) is -0.0779. The first-order valence-corrected chi connectivity index (χ1v) is 7.14. The summed E-state index contributed by atoms with van der Waals surface area (Å²) in [6.07, 6.45) is 1.75. The van der Waals surface area contributed by atoms with Crippen molar-refractivity contribution >= 4 is 27.5 Å². The van der Waals surface area contributed by atoms with Crippen molar-refractivity contribution in [3.8, 4) is 0 Å². The Labute approximate surface area is 126 Å². The van der Waals surface area contributed by atoms with Gasteiger partial charge in [0.05, 0.1) is 12.2 Å². The Morgan fingerprint density at radius 2 is 2.15 bits per heavy atom. The second kappa shape index (κ2) is 7.17. The van der Waals surface area contributed by atoms with Crippen molar-refractivity contribution in [3.63, 3.8) is 0 Å². The number of halogens is 1. The maximum Gasteiger partial charge on any atom is 0.238 e. The van der Waals surface area contributed by atoms with E-state index in [1.165, 1.54) is 0 Å². The third kappa shape index (κ3) is 4.43. The highest BCUT2D eigenvalue weighted by atomic mass is 79.9. The lowest BCUT2D eigenvalue weighted by Gasteiger charge is -2.13. The van der Waals surface area contributed by atoms with E-state index in [1.807, 2.05) is 49.4 Å². The average molecular weight is 334 g/mol. The van der Waals surface area contributed by atoms with E-state index < -0.39 is 0 Å².